The number of carbonyl (C=O) groups is 1. The van der Waals surface area contributed by atoms with Gasteiger partial charge in [-0.15, -0.1) is 0 Å². The van der Waals surface area contributed by atoms with Gasteiger partial charge >= 0.3 is 0 Å². The molecular weight excluding hydrogens is 297 g/mol. The molecule has 2 heterocycles. The summed E-state index contributed by atoms with van der Waals surface area (Å²) in [4.78, 5) is 16.3. The third kappa shape index (κ3) is 2.30. The van der Waals surface area contributed by atoms with Crippen molar-refractivity contribution < 1.29 is 9.21 Å². The highest BCUT2D eigenvalue weighted by Gasteiger charge is 2.19. The number of ketones is 1. The Balaban J connectivity index is 2.08. The summed E-state index contributed by atoms with van der Waals surface area (Å²) in [5, 5.41) is 1.46. The number of carbonyl (C=O) groups excluding carboxylic acids is 1. The summed E-state index contributed by atoms with van der Waals surface area (Å²) in [6.45, 7) is 1.98. The summed E-state index contributed by atoms with van der Waals surface area (Å²) in [5.41, 5.74) is 1.89. The van der Waals surface area contributed by atoms with Crippen LogP contribution >= 0.6 is 23.2 Å². The van der Waals surface area contributed by atoms with Gasteiger partial charge in [-0.2, -0.15) is 0 Å². The molecule has 0 aliphatic heterocycles. The molecule has 0 saturated carbocycles. The molecule has 0 spiro atoms. The van der Waals surface area contributed by atoms with Gasteiger partial charge in [-0.3, -0.25) is 4.79 Å². The van der Waals surface area contributed by atoms with Gasteiger partial charge in [-0.25, -0.2) is 4.98 Å². The van der Waals surface area contributed by atoms with Gasteiger partial charge in [0.15, 0.2) is 5.76 Å². The third-order valence-corrected chi connectivity index (χ3v) is 3.41. The van der Waals surface area contributed by atoms with E-state index in [2.05, 4.69) is 4.98 Å². The van der Waals surface area contributed by atoms with Crippen LogP contribution in [0.3, 0.4) is 0 Å². The minimum absolute atomic E-state index is 0.131. The zero-order valence-electron chi connectivity index (χ0n) is 10.5. The molecule has 1 aromatic carbocycles. The summed E-state index contributed by atoms with van der Waals surface area (Å²) in [6.07, 6.45) is 1.38. The summed E-state index contributed by atoms with van der Waals surface area (Å²) < 4.78 is 5.54. The highest BCUT2D eigenvalue weighted by atomic mass is 35.5. The Hall–Kier alpha value is -1.84. The number of aromatic nitrogens is 1. The standard InChI is InChI=1S/C15H9Cl2NO2/c1-8-2-3-12-9(4-8)5-13(20-12)15(19)14-11(17)6-10(16)7-18-14/h2-7H,1H3. The van der Waals surface area contributed by atoms with Gasteiger partial charge in [-0.05, 0) is 31.2 Å². The summed E-state index contributed by atoms with van der Waals surface area (Å²) in [6, 6.07) is 8.88. The van der Waals surface area contributed by atoms with E-state index in [1.807, 2.05) is 25.1 Å². The van der Waals surface area contributed by atoms with Crippen LogP contribution in [0.2, 0.25) is 10.0 Å². The molecule has 0 N–H and O–H groups in total. The maximum Gasteiger partial charge on any atom is 0.248 e. The molecule has 3 rings (SSSR count). The third-order valence-electron chi connectivity index (χ3n) is 2.92. The highest BCUT2D eigenvalue weighted by Crippen LogP contribution is 2.25. The van der Waals surface area contributed by atoms with Crippen molar-refractivity contribution in [3.8, 4) is 0 Å². The van der Waals surface area contributed by atoms with E-state index in [1.165, 1.54) is 12.3 Å². The number of aryl methyl sites for hydroxylation is 1. The zero-order chi connectivity index (χ0) is 14.3. The molecule has 0 saturated heterocycles. The number of hydrogen-bond donors (Lipinski definition) is 0. The lowest BCUT2D eigenvalue weighted by Crippen LogP contribution is -2.03. The lowest BCUT2D eigenvalue weighted by Gasteiger charge is -2.00. The average molecular weight is 306 g/mol. The fraction of sp³-hybridized carbons (Fsp3) is 0.0667. The van der Waals surface area contributed by atoms with E-state index in [4.69, 9.17) is 27.6 Å². The minimum Gasteiger partial charge on any atom is -0.453 e. The van der Waals surface area contributed by atoms with E-state index >= 15 is 0 Å². The van der Waals surface area contributed by atoms with Crippen LogP contribution in [0, 0.1) is 6.92 Å². The number of nitrogens with zero attached hydrogens (tertiary/aromatic N) is 1. The quantitative estimate of drug-likeness (QED) is 0.646. The largest absolute Gasteiger partial charge is 0.453 e. The smallest absolute Gasteiger partial charge is 0.248 e. The van der Waals surface area contributed by atoms with Crippen LogP contribution in [-0.4, -0.2) is 10.8 Å². The molecule has 0 unspecified atom stereocenters. The Morgan fingerprint density at radius 1 is 1.20 bits per heavy atom. The summed E-state index contributed by atoms with van der Waals surface area (Å²) >= 11 is 11.8. The van der Waals surface area contributed by atoms with E-state index in [0.717, 1.165) is 10.9 Å². The molecule has 3 aromatic rings. The number of halogens is 2. The van der Waals surface area contributed by atoms with Crippen molar-refractivity contribution in [3.05, 3.63) is 63.6 Å². The molecule has 20 heavy (non-hydrogen) atoms. The lowest BCUT2D eigenvalue weighted by atomic mass is 10.1. The second-order valence-electron chi connectivity index (χ2n) is 4.47. The molecule has 0 fully saturated rings. The zero-order valence-corrected chi connectivity index (χ0v) is 12.0. The number of furan rings is 1. The van der Waals surface area contributed by atoms with Crippen LogP contribution in [0.25, 0.3) is 11.0 Å². The van der Waals surface area contributed by atoms with E-state index in [0.29, 0.717) is 10.6 Å². The second kappa shape index (κ2) is 4.93. The van der Waals surface area contributed by atoms with E-state index in [9.17, 15) is 4.79 Å². The summed E-state index contributed by atoms with van der Waals surface area (Å²) in [5.74, 6) is -0.150. The van der Waals surface area contributed by atoms with E-state index < -0.39 is 0 Å². The first-order valence-corrected chi connectivity index (χ1v) is 6.66. The Morgan fingerprint density at radius 3 is 2.75 bits per heavy atom. The molecule has 2 aromatic heterocycles. The molecule has 0 bridgehead atoms. The van der Waals surface area contributed by atoms with Crippen molar-refractivity contribution in [1.82, 2.24) is 4.98 Å². The number of benzene rings is 1. The Morgan fingerprint density at radius 2 is 2.00 bits per heavy atom. The van der Waals surface area contributed by atoms with Crippen LogP contribution in [0.4, 0.5) is 0 Å². The van der Waals surface area contributed by atoms with E-state index in [-0.39, 0.29) is 22.3 Å². The number of fused-ring (bicyclic) bond motifs is 1. The van der Waals surface area contributed by atoms with Gasteiger partial charge in [0.25, 0.3) is 0 Å². The molecular formula is C15H9Cl2NO2. The van der Waals surface area contributed by atoms with Crippen molar-refractivity contribution in [3.63, 3.8) is 0 Å². The Labute approximate surface area is 125 Å². The van der Waals surface area contributed by atoms with Crippen LogP contribution in [-0.2, 0) is 0 Å². The normalized spacial score (nSPS) is 10.9. The van der Waals surface area contributed by atoms with Crippen LogP contribution in [0.5, 0.6) is 0 Å². The van der Waals surface area contributed by atoms with Gasteiger partial charge in [0.2, 0.25) is 5.78 Å². The van der Waals surface area contributed by atoms with Gasteiger partial charge < -0.3 is 4.42 Å². The number of hydrogen-bond acceptors (Lipinski definition) is 3. The molecule has 3 nitrogen and oxygen atoms in total. The minimum atomic E-state index is -0.361. The first kappa shape index (κ1) is 13.2. The topological polar surface area (TPSA) is 43.1 Å². The van der Waals surface area contributed by atoms with Crippen molar-refractivity contribution in [2.45, 2.75) is 6.92 Å². The SMILES string of the molecule is Cc1ccc2oc(C(=O)c3ncc(Cl)cc3Cl)cc2c1. The van der Waals surface area contributed by atoms with Gasteiger partial charge in [0, 0.05) is 11.6 Å². The monoisotopic (exact) mass is 305 g/mol. The van der Waals surface area contributed by atoms with Crippen LogP contribution in [0.1, 0.15) is 21.8 Å². The van der Waals surface area contributed by atoms with Crippen LogP contribution in [0.15, 0.2) is 40.9 Å². The molecule has 0 aliphatic rings. The maximum atomic E-state index is 12.3. The molecule has 0 atom stereocenters. The predicted octanol–water partition coefficient (Wildman–Crippen LogP) is 4.67. The van der Waals surface area contributed by atoms with Gasteiger partial charge in [0.05, 0.1) is 10.0 Å². The molecule has 100 valence electrons. The molecule has 0 aliphatic carbocycles. The molecule has 0 radical (unpaired) electrons. The van der Waals surface area contributed by atoms with Crippen molar-refractivity contribution in [2.24, 2.45) is 0 Å². The Bertz CT molecular complexity index is 824. The fourth-order valence-electron chi connectivity index (χ4n) is 1.97. The lowest BCUT2D eigenvalue weighted by molar-refractivity contribution is 0.101. The fourth-order valence-corrected chi connectivity index (χ4v) is 2.44. The average Bonchev–Trinajstić information content (AvgIpc) is 2.81. The maximum absolute atomic E-state index is 12.3. The first-order chi connectivity index (χ1) is 9.54. The second-order valence-corrected chi connectivity index (χ2v) is 5.31. The van der Waals surface area contributed by atoms with Crippen LogP contribution < -0.4 is 0 Å². The van der Waals surface area contributed by atoms with Gasteiger partial charge in [-0.1, -0.05) is 34.8 Å². The molecule has 5 heteroatoms. The summed E-state index contributed by atoms with van der Waals surface area (Å²) in [7, 11) is 0. The van der Waals surface area contributed by atoms with Crippen molar-refractivity contribution in [1.29, 1.82) is 0 Å². The predicted molar refractivity (Wildman–Crippen MR) is 78.6 cm³/mol. The number of pyridine rings is 1. The van der Waals surface area contributed by atoms with E-state index in [1.54, 1.807) is 6.07 Å². The van der Waals surface area contributed by atoms with Crippen molar-refractivity contribution >= 4 is 40.0 Å². The van der Waals surface area contributed by atoms with Crippen molar-refractivity contribution in [2.75, 3.05) is 0 Å². The highest BCUT2D eigenvalue weighted by molar-refractivity contribution is 6.37. The Kier molecular flexibility index (Phi) is 3.24. The molecule has 0 amide bonds. The van der Waals surface area contributed by atoms with Gasteiger partial charge in [0.1, 0.15) is 11.3 Å². The number of rotatable bonds is 2. The first-order valence-electron chi connectivity index (χ1n) is 5.90.